The molecule has 0 saturated carbocycles. The second kappa shape index (κ2) is 9.72. The maximum Gasteiger partial charge on any atom is 0.254 e. The zero-order chi connectivity index (χ0) is 22.5. The Balaban J connectivity index is 1.90. The molecule has 2 atom stereocenters. The molecule has 162 valence electrons. The zero-order valence-electron chi connectivity index (χ0n) is 17.4. The summed E-state index contributed by atoms with van der Waals surface area (Å²) in [6, 6.07) is 25.9. The van der Waals surface area contributed by atoms with Crippen LogP contribution in [0.4, 0.5) is 5.69 Å². The first-order valence-electron chi connectivity index (χ1n) is 10.3. The van der Waals surface area contributed by atoms with E-state index in [9.17, 15) is 13.6 Å². The van der Waals surface area contributed by atoms with Gasteiger partial charge in [0, 0.05) is 22.2 Å². The van der Waals surface area contributed by atoms with Crippen LogP contribution in [0.2, 0.25) is 0 Å². The largest absolute Gasteiger partial charge is 0.755 e. The molecule has 1 aromatic heterocycles. The predicted molar refractivity (Wildman–Crippen MR) is 127 cm³/mol. The summed E-state index contributed by atoms with van der Waals surface area (Å²) in [5, 5.41) is 3.65. The van der Waals surface area contributed by atoms with Gasteiger partial charge in [-0.05, 0) is 18.1 Å². The van der Waals surface area contributed by atoms with E-state index in [0.29, 0.717) is 28.6 Å². The van der Waals surface area contributed by atoms with Gasteiger partial charge in [0.2, 0.25) is 0 Å². The number of carbonyl (C=O) groups is 1. The first-order chi connectivity index (χ1) is 15.6. The first kappa shape index (κ1) is 21.7. The molecule has 0 fully saturated rings. The quantitative estimate of drug-likeness (QED) is 0.393. The minimum Gasteiger partial charge on any atom is -0.755 e. The molecule has 3 aromatic carbocycles. The molecule has 7 heteroatoms. The average Bonchev–Trinajstić information content (AvgIpc) is 2.82. The predicted octanol–water partition coefficient (Wildman–Crippen LogP) is 4.99. The smallest absolute Gasteiger partial charge is 0.254 e. The molecule has 1 heterocycles. The summed E-state index contributed by atoms with van der Waals surface area (Å²) in [6.07, 6.45) is 0.681. The number of carbonyl (C=O) groups excluding carboxylic acids is 1. The Morgan fingerprint density at radius 2 is 1.59 bits per heavy atom. The van der Waals surface area contributed by atoms with Gasteiger partial charge in [-0.15, -0.1) is 0 Å². The van der Waals surface area contributed by atoms with Gasteiger partial charge in [0.25, 0.3) is 5.91 Å². The van der Waals surface area contributed by atoms with Crippen molar-refractivity contribution < 1.29 is 13.6 Å². The van der Waals surface area contributed by atoms with E-state index in [4.69, 9.17) is 0 Å². The molecule has 6 nitrogen and oxygen atoms in total. The lowest BCUT2D eigenvalue weighted by Gasteiger charge is -2.22. The number of hydrogen-bond donors (Lipinski definition) is 2. The van der Waals surface area contributed by atoms with Gasteiger partial charge in [-0.1, -0.05) is 85.8 Å². The number of fused-ring (bicyclic) bond motifs is 1. The Morgan fingerprint density at radius 3 is 2.25 bits per heavy atom. The number of anilines is 1. The van der Waals surface area contributed by atoms with E-state index in [1.807, 2.05) is 79.7 Å². The van der Waals surface area contributed by atoms with Gasteiger partial charge in [-0.2, -0.15) is 0 Å². The lowest BCUT2D eigenvalue weighted by Crippen LogP contribution is -2.29. The Morgan fingerprint density at radius 1 is 0.969 bits per heavy atom. The minimum atomic E-state index is -2.64. The van der Waals surface area contributed by atoms with Crippen molar-refractivity contribution in [3.63, 3.8) is 0 Å². The van der Waals surface area contributed by atoms with E-state index in [1.165, 1.54) is 0 Å². The highest BCUT2D eigenvalue weighted by atomic mass is 32.2. The second-order valence-electron chi connectivity index (χ2n) is 7.28. The van der Waals surface area contributed by atoms with Crippen LogP contribution < -0.4 is 10.0 Å². The van der Waals surface area contributed by atoms with Crippen molar-refractivity contribution in [2.45, 2.75) is 19.4 Å². The van der Waals surface area contributed by atoms with E-state index >= 15 is 0 Å². The van der Waals surface area contributed by atoms with Crippen LogP contribution in [0.1, 0.15) is 35.3 Å². The Hall–Kier alpha value is -3.55. The maximum atomic E-state index is 13.6. The number of aromatic nitrogens is 1. The molecule has 1 amide bonds. The average molecular weight is 445 g/mol. The van der Waals surface area contributed by atoms with E-state index in [1.54, 1.807) is 12.1 Å². The summed E-state index contributed by atoms with van der Waals surface area (Å²) in [5.74, 6) is -0.371. The molecule has 0 radical (unpaired) electrons. The molecule has 0 saturated heterocycles. The minimum absolute atomic E-state index is 0.156. The van der Waals surface area contributed by atoms with Crippen molar-refractivity contribution in [3.8, 4) is 11.3 Å². The standard InChI is InChI=1S/C25H23N3O3S/c1-2-20(17-11-5-3-6-12-17)27-25(29)22-19-15-9-10-16-21(19)26-23(24(22)28-32(30)31)18-13-7-4-8-14-18/h3-16,20,28H,2H2,1H3,(H,27,29)(H,30,31)/p-1. The summed E-state index contributed by atoms with van der Waals surface area (Å²) in [4.78, 5) is 18.3. The molecule has 0 spiro atoms. The lowest BCUT2D eigenvalue weighted by atomic mass is 9.99. The van der Waals surface area contributed by atoms with Crippen LogP contribution >= 0.6 is 0 Å². The first-order valence-corrected chi connectivity index (χ1v) is 11.4. The van der Waals surface area contributed by atoms with E-state index < -0.39 is 11.3 Å². The third kappa shape index (κ3) is 4.54. The van der Waals surface area contributed by atoms with Crippen LogP contribution in [0.15, 0.2) is 84.9 Å². The Labute approximate surface area is 189 Å². The van der Waals surface area contributed by atoms with Crippen molar-refractivity contribution in [2.75, 3.05) is 4.72 Å². The third-order valence-electron chi connectivity index (χ3n) is 5.27. The number of nitrogens with zero attached hydrogens (tertiary/aromatic N) is 1. The normalized spacial score (nSPS) is 12.8. The van der Waals surface area contributed by atoms with Crippen LogP contribution in [0.5, 0.6) is 0 Å². The molecule has 2 unspecified atom stereocenters. The molecule has 0 aliphatic heterocycles. The highest BCUT2D eigenvalue weighted by Crippen LogP contribution is 2.35. The fraction of sp³-hybridized carbons (Fsp3) is 0.120. The molecule has 0 aliphatic rings. The highest BCUT2D eigenvalue weighted by molar-refractivity contribution is 7.80. The van der Waals surface area contributed by atoms with Gasteiger partial charge in [-0.3, -0.25) is 9.00 Å². The van der Waals surface area contributed by atoms with Crippen LogP contribution in [0, 0.1) is 0 Å². The fourth-order valence-corrected chi connectivity index (χ4v) is 4.14. The number of amides is 1. The van der Waals surface area contributed by atoms with E-state index in [-0.39, 0.29) is 23.2 Å². The fourth-order valence-electron chi connectivity index (χ4n) is 3.77. The molecule has 4 rings (SSSR count). The highest BCUT2D eigenvalue weighted by Gasteiger charge is 2.24. The van der Waals surface area contributed by atoms with Crippen LogP contribution in [0.3, 0.4) is 0 Å². The van der Waals surface area contributed by atoms with Crippen LogP contribution in [-0.2, 0) is 11.3 Å². The number of rotatable bonds is 7. The van der Waals surface area contributed by atoms with Crippen molar-refractivity contribution in [3.05, 3.63) is 96.1 Å². The summed E-state index contributed by atoms with van der Waals surface area (Å²) < 4.78 is 25.8. The topological polar surface area (TPSA) is 94.2 Å². The van der Waals surface area contributed by atoms with Crippen molar-refractivity contribution in [1.29, 1.82) is 0 Å². The van der Waals surface area contributed by atoms with Gasteiger partial charge in [-0.25, -0.2) is 4.98 Å². The molecule has 32 heavy (non-hydrogen) atoms. The van der Waals surface area contributed by atoms with E-state index in [0.717, 1.165) is 5.56 Å². The summed E-state index contributed by atoms with van der Waals surface area (Å²) in [6.45, 7) is 1.99. The molecular formula is C25H22N3O3S-. The third-order valence-corrected chi connectivity index (χ3v) is 5.64. The zero-order valence-corrected chi connectivity index (χ0v) is 18.3. The summed E-state index contributed by atoms with van der Waals surface area (Å²) in [7, 11) is 0. The van der Waals surface area contributed by atoms with Gasteiger partial charge >= 0.3 is 0 Å². The van der Waals surface area contributed by atoms with E-state index in [2.05, 4.69) is 15.0 Å². The number of pyridine rings is 1. The van der Waals surface area contributed by atoms with Gasteiger partial charge < -0.3 is 14.6 Å². The molecule has 4 aromatic rings. The van der Waals surface area contributed by atoms with Crippen molar-refractivity contribution in [1.82, 2.24) is 10.3 Å². The number of para-hydroxylation sites is 1. The molecule has 2 N–H and O–H groups in total. The number of benzene rings is 3. The van der Waals surface area contributed by atoms with Crippen LogP contribution in [-0.4, -0.2) is 19.7 Å². The van der Waals surface area contributed by atoms with Crippen molar-refractivity contribution >= 4 is 33.8 Å². The Bertz CT molecular complexity index is 1260. The number of nitrogens with one attached hydrogen (secondary N) is 2. The molecule has 0 aliphatic carbocycles. The van der Waals surface area contributed by atoms with Crippen molar-refractivity contribution in [2.24, 2.45) is 0 Å². The molecule has 0 bridgehead atoms. The maximum absolute atomic E-state index is 13.6. The Kier molecular flexibility index (Phi) is 6.58. The number of hydrogen-bond acceptors (Lipinski definition) is 4. The monoisotopic (exact) mass is 444 g/mol. The molecular weight excluding hydrogens is 422 g/mol. The van der Waals surface area contributed by atoms with Gasteiger partial charge in [0.1, 0.15) is 0 Å². The lowest BCUT2D eigenvalue weighted by molar-refractivity contribution is 0.0938. The van der Waals surface area contributed by atoms with Gasteiger partial charge in [0.05, 0.1) is 28.5 Å². The summed E-state index contributed by atoms with van der Waals surface area (Å²) >= 11 is -2.64. The SMILES string of the molecule is CCC(NC(=O)c1c(NS(=O)[O-])c(-c2ccccc2)nc2ccccc12)c1ccccc1. The van der Waals surface area contributed by atoms with Gasteiger partial charge in [0.15, 0.2) is 0 Å². The second-order valence-corrected chi connectivity index (χ2v) is 7.95. The summed E-state index contributed by atoms with van der Waals surface area (Å²) in [5.41, 5.74) is 3.08. The van der Waals surface area contributed by atoms with Crippen LogP contribution in [0.25, 0.3) is 22.2 Å².